The van der Waals surface area contributed by atoms with E-state index in [2.05, 4.69) is 15.9 Å². The van der Waals surface area contributed by atoms with Gasteiger partial charge < -0.3 is 4.90 Å². The summed E-state index contributed by atoms with van der Waals surface area (Å²) in [5.41, 5.74) is 1.82. The number of hydrogen-bond acceptors (Lipinski definition) is 3. The lowest BCUT2D eigenvalue weighted by atomic mass is 10.00. The molecule has 1 saturated heterocycles. The minimum Gasteiger partial charge on any atom is -0.312 e. The molecule has 25 heavy (non-hydrogen) atoms. The SMILES string of the molecule is Cc1ccc(S(=O)(=O)C[C@H]2C(=O)N(c3ccccc3)C[C@@H]2CBr)cc1. The minimum atomic E-state index is -3.51. The molecule has 0 radical (unpaired) electrons. The van der Waals surface area contributed by atoms with Crippen molar-refractivity contribution >= 4 is 37.4 Å². The van der Waals surface area contributed by atoms with E-state index in [-0.39, 0.29) is 22.5 Å². The Bertz CT molecular complexity index is 850. The molecule has 2 aromatic carbocycles. The fraction of sp³-hybridized carbons (Fsp3) is 0.316. The van der Waals surface area contributed by atoms with Gasteiger partial charge in [0.25, 0.3) is 0 Å². The van der Waals surface area contributed by atoms with Gasteiger partial charge in [0, 0.05) is 17.6 Å². The number of amides is 1. The zero-order valence-electron chi connectivity index (χ0n) is 13.9. The number of rotatable bonds is 5. The van der Waals surface area contributed by atoms with Crippen molar-refractivity contribution in [1.82, 2.24) is 0 Å². The van der Waals surface area contributed by atoms with E-state index in [0.717, 1.165) is 11.3 Å². The zero-order chi connectivity index (χ0) is 18.0. The molecule has 1 amide bonds. The lowest BCUT2D eigenvalue weighted by Gasteiger charge is -2.16. The fourth-order valence-electron chi connectivity index (χ4n) is 3.14. The summed E-state index contributed by atoms with van der Waals surface area (Å²) in [5, 5.41) is 0.593. The van der Waals surface area contributed by atoms with Crippen LogP contribution in [0.15, 0.2) is 59.5 Å². The molecule has 1 aliphatic heterocycles. The van der Waals surface area contributed by atoms with Gasteiger partial charge >= 0.3 is 0 Å². The highest BCUT2D eigenvalue weighted by atomic mass is 79.9. The number of alkyl halides is 1. The molecule has 0 unspecified atom stereocenters. The van der Waals surface area contributed by atoms with Crippen molar-refractivity contribution in [2.24, 2.45) is 11.8 Å². The third-order valence-corrected chi connectivity index (χ3v) is 7.23. The predicted molar refractivity (Wildman–Crippen MR) is 103 cm³/mol. The van der Waals surface area contributed by atoms with Crippen molar-refractivity contribution in [1.29, 1.82) is 0 Å². The summed E-state index contributed by atoms with van der Waals surface area (Å²) in [6.07, 6.45) is 0. The second kappa shape index (κ2) is 7.30. The van der Waals surface area contributed by atoms with Crippen molar-refractivity contribution < 1.29 is 13.2 Å². The van der Waals surface area contributed by atoms with Crippen molar-refractivity contribution in [3.63, 3.8) is 0 Å². The van der Waals surface area contributed by atoms with E-state index in [1.54, 1.807) is 29.2 Å². The lowest BCUT2D eigenvalue weighted by Crippen LogP contribution is -2.30. The van der Waals surface area contributed by atoms with E-state index >= 15 is 0 Å². The molecular formula is C19H20BrNO3S. The van der Waals surface area contributed by atoms with E-state index in [1.807, 2.05) is 37.3 Å². The van der Waals surface area contributed by atoms with Gasteiger partial charge in [-0.15, -0.1) is 0 Å². The Kier molecular flexibility index (Phi) is 5.29. The highest BCUT2D eigenvalue weighted by Gasteiger charge is 2.42. The van der Waals surface area contributed by atoms with Crippen molar-refractivity contribution in [2.45, 2.75) is 11.8 Å². The Balaban J connectivity index is 1.85. The van der Waals surface area contributed by atoms with Crippen molar-refractivity contribution in [3.8, 4) is 0 Å². The van der Waals surface area contributed by atoms with Gasteiger partial charge in [0.2, 0.25) is 5.91 Å². The summed E-state index contributed by atoms with van der Waals surface area (Å²) in [4.78, 5) is 14.9. The topological polar surface area (TPSA) is 54.5 Å². The maximum atomic E-state index is 12.9. The smallest absolute Gasteiger partial charge is 0.231 e. The number of halogens is 1. The maximum absolute atomic E-state index is 12.9. The molecule has 0 saturated carbocycles. The summed E-state index contributed by atoms with van der Waals surface area (Å²) < 4.78 is 25.5. The van der Waals surface area contributed by atoms with Gasteiger partial charge in [0.05, 0.1) is 16.6 Å². The first-order chi connectivity index (χ1) is 11.9. The van der Waals surface area contributed by atoms with Crippen LogP contribution >= 0.6 is 15.9 Å². The van der Waals surface area contributed by atoms with Gasteiger partial charge in [-0.25, -0.2) is 8.42 Å². The molecule has 132 valence electrons. The van der Waals surface area contributed by atoms with Crippen LogP contribution in [-0.4, -0.2) is 32.0 Å². The van der Waals surface area contributed by atoms with Crippen LogP contribution in [0.25, 0.3) is 0 Å². The van der Waals surface area contributed by atoms with Crippen LogP contribution < -0.4 is 4.90 Å². The van der Waals surface area contributed by atoms with Crippen LogP contribution in [0.1, 0.15) is 5.56 Å². The number of para-hydroxylation sites is 1. The largest absolute Gasteiger partial charge is 0.312 e. The molecule has 0 aliphatic carbocycles. The first-order valence-electron chi connectivity index (χ1n) is 8.14. The van der Waals surface area contributed by atoms with E-state index in [4.69, 9.17) is 0 Å². The molecule has 0 spiro atoms. The van der Waals surface area contributed by atoms with Crippen LogP contribution in [0.5, 0.6) is 0 Å². The van der Waals surface area contributed by atoms with E-state index < -0.39 is 15.8 Å². The molecule has 0 aromatic heterocycles. The van der Waals surface area contributed by atoms with Gasteiger partial charge in [-0.05, 0) is 37.1 Å². The first kappa shape index (κ1) is 18.1. The second-order valence-corrected chi connectivity index (χ2v) is 9.08. The number of anilines is 1. The number of carbonyl (C=O) groups excluding carboxylic acids is 1. The number of hydrogen-bond donors (Lipinski definition) is 0. The monoisotopic (exact) mass is 421 g/mol. The van der Waals surface area contributed by atoms with Gasteiger partial charge in [0.1, 0.15) is 0 Å². The Morgan fingerprint density at radius 1 is 1.08 bits per heavy atom. The van der Waals surface area contributed by atoms with Gasteiger partial charge in [-0.2, -0.15) is 0 Å². The fourth-order valence-corrected chi connectivity index (χ4v) is 5.42. The minimum absolute atomic E-state index is 0.0343. The van der Waals surface area contributed by atoms with Gasteiger partial charge in [0.15, 0.2) is 9.84 Å². The molecule has 2 atom stereocenters. The maximum Gasteiger partial charge on any atom is 0.231 e. The predicted octanol–water partition coefficient (Wildman–Crippen LogP) is 3.44. The number of sulfone groups is 1. The van der Waals surface area contributed by atoms with E-state index in [0.29, 0.717) is 11.9 Å². The molecule has 4 nitrogen and oxygen atoms in total. The average Bonchev–Trinajstić information content (AvgIpc) is 2.92. The Morgan fingerprint density at radius 2 is 1.72 bits per heavy atom. The van der Waals surface area contributed by atoms with Gasteiger partial charge in [-0.3, -0.25) is 4.79 Å². The van der Waals surface area contributed by atoms with E-state index in [9.17, 15) is 13.2 Å². The van der Waals surface area contributed by atoms with Crippen molar-refractivity contribution in [2.75, 3.05) is 22.5 Å². The van der Waals surface area contributed by atoms with Crippen LogP contribution in [0.3, 0.4) is 0 Å². The molecule has 3 rings (SSSR count). The summed E-state index contributed by atoms with van der Waals surface area (Å²) in [7, 11) is -3.51. The second-order valence-electron chi connectivity index (χ2n) is 6.40. The first-order valence-corrected chi connectivity index (χ1v) is 10.9. The number of nitrogens with zero attached hydrogens (tertiary/aromatic N) is 1. The molecule has 0 N–H and O–H groups in total. The number of benzene rings is 2. The molecule has 0 bridgehead atoms. The summed E-state index contributed by atoms with van der Waals surface area (Å²) in [6.45, 7) is 2.44. The molecule has 6 heteroatoms. The highest BCUT2D eigenvalue weighted by molar-refractivity contribution is 9.09. The Hall–Kier alpha value is -1.66. The number of carbonyl (C=O) groups is 1. The summed E-state index contributed by atoms with van der Waals surface area (Å²) in [6, 6.07) is 16.2. The number of aryl methyl sites for hydroxylation is 1. The quantitative estimate of drug-likeness (QED) is 0.694. The van der Waals surface area contributed by atoms with E-state index in [1.165, 1.54) is 0 Å². The zero-order valence-corrected chi connectivity index (χ0v) is 16.3. The summed E-state index contributed by atoms with van der Waals surface area (Å²) >= 11 is 3.44. The van der Waals surface area contributed by atoms with Crippen LogP contribution in [0, 0.1) is 18.8 Å². The third kappa shape index (κ3) is 3.80. The standard InChI is InChI=1S/C19H20BrNO3S/c1-14-7-9-17(10-8-14)25(23,24)13-18-15(11-20)12-21(19(18)22)16-5-3-2-4-6-16/h2-10,15,18H,11-13H2,1H3/t15-,18+/m0/s1. The van der Waals surface area contributed by atoms with Crippen LogP contribution in [0.2, 0.25) is 0 Å². The Morgan fingerprint density at radius 3 is 2.32 bits per heavy atom. The molecular weight excluding hydrogens is 402 g/mol. The average molecular weight is 422 g/mol. The summed E-state index contributed by atoms with van der Waals surface area (Å²) in [5.74, 6) is -0.848. The van der Waals surface area contributed by atoms with Crippen LogP contribution in [0.4, 0.5) is 5.69 Å². The Labute approximate surface area is 156 Å². The molecule has 1 fully saturated rings. The molecule has 1 aliphatic rings. The van der Waals surface area contributed by atoms with Gasteiger partial charge in [-0.1, -0.05) is 51.8 Å². The van der Waals surface area contributed by atoms with Crippen molar-refractivity contribution in [3.05, 3.63) is 60.2 Å². The highest BCUT2D eigenvalue weighted by Crippen LogP contribution is 2.32. The van der Waals surface area contributed by atoms with Crippen LogP contribution in [-0.2, 0) is 14.6 Å². The third-order valence-electron chi connectivity index (χ3n) is 4.61. The lowest BCUT2D eigenvalue weighted by molar-refractivity contribution is -0.120. The normalized spacial score (nSPS) is 20.9. The molecule has 2 aromatic rings. The molecule has 1 heterocycles.